The van der Waals surface area contributed by atoms with E-state index in [1.165, 1.54) is 18.6 Å². The normalized spacial score (nSPS) is 23.8. The summed E-state index contributed by atoms with van der Waals surface area (Å²) in [6, 6.07) is 4.23. The van der Waals surface area contributed by atoms with E-state index >= 15 is 0 Å². The Bertz CT molecular complexity index is 1360. The van der Waals surface area contributed by atoms with Crippen molar-refractivity contribution < 1.29 is 17.7 Å². The maximum absolute atomic E-state index is 13.1. The maximum Gasteiger partial charge on any atom is 0.433 e. The highest BCUT2D eigenvalue weighted by molar-refractivity contribution is 5.63. The van der Waals surface area contributed by atoms with Crippen LogP contribution in [-0.4, -0.2) is 29.9 Å². The van der Waals surface area contributed by atoms with Crippen molar-refractivity contribution in [3.05, 3.63) is 71.4 Å². The minimum atomic E-state index is -4.51. The quantitative estimate of drug-likeness (QED) is 0.418. The fourth-order valence-electron chi connectivity index (χ4n) is 5.94. The number of hydrogen-bond donors (Lipinski definition) is 0. The lowest BCUT2D eigenvalue weighted by Gasteiger charge is -2.47. The molecule has 0 radical (unpaired) electrons. The molecule has 10 heteroatoms. The van der Waals surface area contributed by atoms with E-state index in [0.717, 1.165) is 47.2 Å². The van der Waals surface area contributed by atoms with Crippen LogP contribution in [0.2, 0.25) is 0 Å². The summed E-state index contributed by atoms with van der Waals surface area (Å²) in [6.45, 7) is 4.37. The van der Waals surface area contributed by atoms with Gasteiger partial charge in [0.1, 0.15) is 23.5 Å². The SMILES string of the molecule is C[C@H]1c2oncc2C[C@@]2(C)c3c(c(-c4ccncn4)nn3-c3ccc(C(F)(F)F)nc3)CC[C@H]12. The molecule has 0 unspecified atom stereocenters. The molecule has 0 saturated carbocycles. The molecular weight excluding hydrogens is 445 g/mol. The number of pyridine rings is 1. The van der Waals surface area contributed by atoms with E-state index in [-0.39, 0.29) is 17.3 Å². The van der Waals surface area contributed by atoms with Crippen LogP contribution in [-0.2, 0) is 24.4 Å². The first kappa shape index (κ1) is 21.0. The van der Waals surface area contributed by atoms with Gasteiger partial charge < -0.3 is 4.52 Å². The van der Waals surface area contributed by atoms with E-state index in [2.05, 4.69) is 34.0 Å². The number of aromatic nitrogens is 6. The molecule has 6 rings (SSSR count). The molecule has 0 saturated heterocycles. The predicted octanol–water partition coefficient (Wildman–Crippen LogP) is 4.91. The molecule has 4 heterocycles. The molecule has 0 spiro atoms. The molecule has 2 aliphatic rings. The number of hydrogen-bond acceptors (Lipinski definition) is 6. The molecule has 2 aliphatic carbocycles. The lowest BCUT2D eigenvalue weighted by atomic mass is 9.56. The molecule has 34 heavy (non-hydrogen) atoms. The van der Waals surface area contributed by atoms with Crippen LogP contribution in [0.15, 0.2) is 47.6 Å². The Kier molecular flexibility index (Phi) is 4.46. The van der Waals surface area contributed by atoms with Crippen LogP contribution < -0.4 is 0 Å². The molecule has 7 nitrogen and oxygen atoms in total. The van der Waals surface area contributed by atoms with Crippen LogP contribution in [0.3, 0.4) is 0 Å². The van der Waals surface area contributed by atoms with E-state index < -0.39 is 11.9 Å². The van der Waals surface area contributed by atoms with Crippen LogP contribution in [0, 0.1) is 5.92 Å². The van der Waals surface area contributed by atoms with Crippen molar-refractivity contribution in [3.63, 3.8) is 0 Å². The molecule has 0 fully saturated rings. The first-order chi connectivity index (χ1) is 16.3. The second-order valence-electron chi connectivity index (χ2n) is 9.32. The molecular formula is C24H21F3N6O. The zero-order valence-electron chi connectivity index (χ0n) is 18.5. The minimum Gasteiger partial charge on any atom is -0.361 e. The Morgan fingerprint density at radius 2 is 2.00 bits per heavy atom. The van der Waals surface area contributed by atoms with E-state index in [1.807, 2.05) is 0 Å². The smallest absolute Gasteiger partial charge is 0.361 e. The monoisotopic (exact) mass is 466 g/mol. The average Bonchev–Trinajstić information content (AvgIpc) is 3.44. The second kappa shape index (κ2) is 7.22. The van der Waals surface area contributed by atoms with Gasteiger partial charge in [0.05, 0.1) is 29.5 Å². The van der Waals surface area contributed by atoms with E-state index in [1.54, 1.807) is 23.1 Å². The summed E-state index contributed by atoms with van der Waals surface area (Å²) in [4.78, 5) is 12.1. The molecule has 4 aromatic heterocycles. The van der Waals surface area contributed by atoms with Crippen LogP contribution in [0.1, 0.15) is 54.5 Å². The third kappa shape index (κ3) is 3.00. The van der Waals surface area contributed by atoms with Crippen molar-refractivity contribution in [3.8, 4) is 17.1 Å². The van der Waals surface area contributed by atoms with Crippen LogP contribution in [0.25, 0.3) is 17.1 Å². The Hall–Kier alpha value is -3.56. The standard InChI is InChI=1S/C24H21F3N6O/c1-13-17-5-4-16-20(18-7-8-28-12-30-18)32-33(15-3-6-19(29-11-15)24(25,26)27)22(16)23(17,2)9-14-10-31-34-21(13)14/h3,6-8,10-13,17H,4-5,9H2,1-2H3/t13-,17-,23-/m1/s1. The zero-order valence-corrected chi connectivity index (χ0v) is 18.5. The Balaban J connectivity index is 1.57. The lowest BCUT2D eigenvalue weighted by molar-refractivity contribution is -0.141. The summed E-state index contributed by atoms with van der Waals surface area (Å²) in [5, 5.41) is 8.93. The van der Waals surface area contributed by atoms with Gasteiger partial charge in [-0.2, -0.15) is 18.3 Å². The van der Waals surface area contributed by atoms with Crippen molar-refractivity contribution in [2.24, 2.45) is 5.92 Å². The van der Waals surface area contributed by atoms with E-state index in [4.69, 9.17) is 9.62 Å². The third-order valence-electron chi connectivity index (χ3n) is 7.41. The van der Waals surface area contributed by atoms with Crippen LogP contribution >= 0.6 is 0 Å². The number of nitrogens with zero attached hydrogens (tertiary/aromatic N) is 6. The lowest BCUT2D eigenvalue weighted by Crippen LogP contribution is -2.45. The van der Waals surface area contributed by atoms with E-state index in [0.29, 0.717) is 17.8 Å². The number of rotatable bonds is 2. The molecule has 174 valence electrons. The zero-order chi connectivity index (χ0) is 23.7. The largest absolute Gasteiger partial charge is 0.433 e. The van der Waals surface area contributed by atoms with E-state index in [9.17, 15) is 13.2 Å². The van der Waals surface area contributed by atoms with Crippen molar-refractivity contribution in [1.29, 1.82) is 0 Å². The molecule has 0 aromatic carbocycles. The van der Waals surface area contributed by atoms with Gasteiger partial charge in [-0.05, 0) is 43.4 Å². The van der Waals surface area contributed by atoms with Gasteiger partial charge in [-0.25, -0.2) is 19.6 Å². The van der Waals surface area contributed by atoms with Gasteiger partial charge in [-0.1, -0.05) is 19.0 Å². The molecule has 4 aromatic rings. The van der Waals surface area contributed by atoms with Crippen molar-refractivity contribution >= 4 is 0 Å². The minimum absolute atomic E-state index is 0.154. The Morgan fingerprint density at radius 1 is 1.15 bits per heavy atom. The fourth-order valence-corrected chi connectivity index (χ4v) is 5.94. The van der Waals surface area contributed by atoms with Crippen LogP contribution in [0.4, 0.5) is 13.2 Å². The number of halogens is 3. The fraction of sp³-hybridized carbons (Fsp3) is 0.375. The second-order valence-corrected chi connectivity index (χ2v) is 9.32. The Morgan fingerprint density at radius 3 is 2.71 bits per heavy atom. The summed E-state index contributed by atoms with van der Waals surface area (Å²) in [5.74, 6) is 1.33. The van der Waals surface area contributed by atoms with Gasteiger partial charge in [0.15, 0.2) is 0 Å². The van der Waals surface area contributed by atoms with Crippen molar-refractivity contribution in [2.45, 2.75) is 50.6 Å². The molecule has 0 bridgehead atoms. The van der Waals surface area contributed by atoms with Gasteiger partial charge in [0.25, 0.3) is 0 Å². The molecule has 0 amide bonds. The third-order valence-corrected chi connectivity index (χ3v) is 7.41. The first-order valence-corrected chi connectivity index (χ1v) is 11.1. The maximum atomic E-state index is 13.1. The van der Waals surface area contributed by atoms with Gasteiger partial charge in [0.2, 0.25) is 0 Å². The molecule has 0 aliphatic heterocycles. The van der Waals surface area contributed by atoms with Gasteiger partial charge in [0, 0.05) is 28.7 Å². The van der Waals surface area contributed by atoms with Gasteiger partial charge in [-0.3, -0.25) is 0 Å². The summed E-state index contributed by atoms with van der Waals surface area (Å²) < 4.78 is 46.8. The highest BCUT2D eigenvalue weighted by Crippen LogP contribution is 2.55. The average molecular weight is 466 g/mol. The highest BCUT2D eigenvalue weighted by atomic mass is 19.4. The Labute approximate surface area is 193 Å². The topological polar surface area (TPSA) is 82.5 Å². The van der Waals surface area contributed by atoms with Crippen molar-refractivity contribution in [1.82, 2.24) is 29.9 Å². The first-order valence-electron chi connectivity index (χ1n) is 11.1. The summed E-state index contributed by atoms with van der Waals surface area (Å²) in [7, 11) is 0. The van der Waals surface area contributed by atoms with Gasteiger partial charge >= 0.3 is 6.18 Å². The predicted molar refractivity (Wildman–Crippen MR) is 115 cm³/mol. The number of alkyl halides is 3. The molecule has 3 atom stereocenters. The number of fused-ring (bicyclic) bond motifs is 4. The molecule has 0 N–H and O–H groups in total. The summed E-state index contributed by atoms with van der Waals surface area (Å²) >= 11 is 0. The summed E-state index contributed by atoms with van der Waals surface area (Å²) in [5.41, 5.74) is 3.73. The van der Waals surface area contributed by atoms with Crippen molar-refractivity contribution in [2.75, 3.05) is 0 Å². The highest BCUT2D eigenvalue weighted by Gasteiger charge is 2.51. The van der Waals surface area contributed by atoms with Crippen LogP contribution in [0.5, 0.6) is 0 Å². The van der Waals surface area contributed by atoms with Gasteiger partial charge in [-0.15, -0.1) is 0 Å². The summed E-state index contributed by atoms with van der Waals surface area (Å²) in [6.07, 6.45) is 4.05.